The quantitative estimate of drug-likeness (QED) is 0.742. The summed E-state index contributed by atoms with van der Waals surface area (Å²) in [5.74, 6) is 0.926. The number of hydrogen-bond acceptors (Lipinski definition) is 4. The lowest BCUT2D eigenvalue weighted by molar-refractivity contribution is 0.00578. The van der Waals surface area contributed by atoms with Gasteiger partial charge in [0.15, 0.2) is 0 Å². The maximum absolute atomic E-state index is 5.97. The van der Waals surface area contributed by atoms with Gasteiger partial charge in [0.2, 0.25) is 0 Å². The number of rotatable bonds is 2. The largest absolute Gasteiger partial charge is 0.496 e. The molecular weight excluding hydrogens is 227 g/mol. The Hall–Kier alpha value is -1.07. The van der Waals surface area contributed by atoms with Crippen LogP contribution in [0.5, 0.6) is 0 Å². The minimum atomic E-state index is -0.335. The Bertz CT molecular complexity index is 413. The highest BCUT2D eigenvalue weighted by Gasteiger charge is 2.51. The molecule has 0 unspecified atom stereocenters. The topological polar surface area (TPSA) is 34.6 Å². The molecule has 18 heavy (non-hydrogen) atoms. The van der Waals surface area contributed by atoms with Crippen molar-refractivity contribution in [2.45, 2.75) is 38.9 Å². The maximum Gasteiger partial charge on any atom is 0.496 e. The Labute approximate surface area is 109 Å². The first-order valence-electron chi connectivity index (χ1n) is 6.22. The first-order chi connectivity index (χ1) is 8.23. The third-order valence-corrected chi connectivity index (χ3v) is 3.75. The summed E-state index contributed by atoms with van der Waals surface area (Å²) in [4.78, 5) is 6.35. The van der Waals surface area contributed by atoms with Gasteiger partial charge in [-0.1, -0.05) is 6.07 Å². The molecule has 0 amide bonds. The Morgan fingerprint density at radius 1 is 1.06 bits per heavy atom. The molecule has 0 radical (unpaired) electrons. The van der Waals surface area contributed by atoms with Gasteiger partial charge in [0, 0.05) is 25.8 Å². The minimum Gasteiger partial charge on any atom is -0.399 e. The normalized spacial score (nSPS) is 21.1. The predicted octanol–water partition coefficient (Wildman–Crippen LogP) is 1.45. The van der Waals surface area contributed by atoms with Crippen LogP contribution in [0.2, 0.25) is 0 Å². The average Bonchev–Trinajstić information content (AvgIpc) is 2.48. The summed E-state index contributed by atoms with van der Waals surface area (Å²) in [6, 6.07) is 3.98. The van der Waals surface area contributed by atoms with Crippen molar-refractivity contribution in [2.75, 3.05) is 19.0 Å². The van der Waals surface area contributed by atoms with Crippen molar-refractivity contribution in [3.63, 3.8) is 0 Å². The molecule has 98 valence electrons. The van der Waals surface area contributed by atoms with Crippen LogP contribution in [-0.4, -0.2) is 37.4 Å². The molecule has 5 heteroatoms. The van der Waals surface area contributed by atoms with Gasteiger partial charge in [-0.3, -0.25) is 0 Å². The summed E-state index contributed by atoms with van der Waals surface area (Å²) in [6.07, 6.45) is 1.82. The second-order valence-electron chi connectivity index (χ2n) is 5.93. The van der Waals surface area contributed by atoms with E-state index in [0.717, 1.165) is 11.3 Å². The third-order valence-electron chi connectivity index (χ3n) is 3.75. The molecular formula is C13H21BN2O2. The van der Waals surface area contributed by atoms with Crippen molar-refractivity contribution in [1.82, 2.24) is 4.98 Å². The van der Waals surface area contributed by atoms with Crippen molar-refractivity contribution >= 4 is 18.4 Å². The summed E-state index contributed by atoms with van der Waals surface area (Å²) in [5, 5.41) is 0. The van der Waals surface area contributed by atoms with Crippen LogP contribution in [0.15, 0.2) is 18.3 Å². The highest BCUT2D eigenvalue weighted by molar-refractivity contribution is 6.62. The second-order valence-corrected chi connectivity index (χ2v) is 5.93. The average molecular weight is 248 g/mol. The van der Waals surface area contributed by atoms with E-state index in [1.807, 2.05) is 37.3 Å². The van der Waals surface area contributed by atoms with Gasteiger partial charge in [0.05, 0.1) is 11.2 Å². The first-order valence-corrected chi connectivity index (χ1v) is 6.22. The lowest BCUT2D eigenvalue weighted by atomic mass is 9.80. The minimum absolute atomic E-state index is 0.308. The van der Waals surface area contributed by atoms with Gasteiger partial charge >= 0.3 is 7.12 Å². The molecule has 1 aliphatic heterocycles. The van der Waals surface area contributed by atoms with Gasteiger partial charge in [0.1, 0.15) is 5.82 Å². The zero-order valence-electron chi connectivity index (χ0n) is 12.0. The first kappa shape index (κ1) is 13.4. The predicted molar refractivity (Wildman–Crippen MR) is 74.3 cm³/mol. The van der Waals surface area contributed by atoms with E-state index in [1.165, 1.54) is 0 Å². The summed E-state index contributed by atoms with van der Waals surface area (Å²) < 4.78 is 11.9. The van der Waals surface area contributed by atoms with E-state index in [4.69, 9.17) is 9.31 Å². The molecule has 0 atom stereocenters. The molecule has 0 saturated carbocycles. The lowest BCUT2D eigenvalue weighted by Gasteiger charge is -2.32. The van der Waals surface area contributed by atoms with E-state index in [9.17, 15) is 0 Å². The summed E-state index contributed by atoms with van der Waals surface area (Å²) in [5.41, 5.74) is 0.342. The van der Waals surface area contributed by atoms with Crippen molar-refractivity contribution in [2.24, 2.45) is 0 Å². The summed E-state index contributed by atoms with van der Waals surface area (Å²) in [7, 11) is 3.60. The summed E-state index contributed by atoms with van der Waals surface area (Å²) >= 11 is 0. The van der Waals surface area contributed by atoms with Gasteiger partial charge in [-0.25, -0.2) is 4.98 Å². The Morgan fingerprint density at radius 3 is 2.00 bits per heavy atom. The van der Waals surface area contributed by atoms with E-state index in [1.54, 1.807) is 0 Å². The van der Waals surface area contributed by atoms with Crippen LogP contribution < -0.4 is 10.4 Å². The molecule has 1 aromatic rings. The highest BCUT2D eigenvalue weighted by Crippen LogP contribution is 2.36. The van der Waals surface area contributed by atoms with E-state index >= 15 is 0 Å². The molecule has 2 heterocycles. The molecule has 1 aromatic heterocycles. The van der Waals surface area contributed by atoms with Crippen LogP contribution >= 0.6 is 0 Å². The van der Waals surface area contributed by atoms with E-state index in [0.29, 0.717) is 0 Å². The fourth-order valence-electron chi connectivity index (χ4n) is 1.78. The third kappa shape index (κ3) is 2.25. The van der Waals surface area contributed by atoms with Crippen LogP contribution in [-0.2, 0) is 9.31 Å². The van der Waals surface area contributed by atoms with Crippen LogP contribution in [0.3, 0.4) is 0 Å². The molecule has 0 spiro atoms. The smallest absolute Gasteiger partial charge is 0.399 e. The fraction of sp³-hybridized carbons (Fsp3) is 0.615. The van der Waals surface area contributed by atoms with Crippen molar-refractivity contribution in [1.29, 1.82) is 0 Å². The Kier molecular flexibility index (Phi) is 3.15. The van der Waals surface area contributed by atoms with Crippen LogP contribution in [0, 0.1) is 0 Å². The molecule has 1 aliphatic rings. The Morgan fingerprint density at radius 2 is 1.61 bits per heavy atom. The van der Waals surface area contributed by atoms with Crippen LogP contribution in [0.1, 0.15) is 27.7 Å². The monoisotopic (exact) mass is 248 g/mol. The number of hydrogen-bond donors (Lipinski definition) is 0. The van der Waals surface area contributed by atoms with Crippen molar-refractivity contribution < 1.29 is 9.31 Å². The van der Waals surface area contributed by atoms with E-state index in [2.05, 4.69) is 32.7 Å². The zero-order valence-corrected chi connectivity index (χ0v) is 12.0. The highest BCUT2D eigenvalue weighted by atomic mass is 16.7. The fourth-order valence-corrected chi connectivity index (χ4v) is 1.78. The number of anilines is 1. The lowest BCUT2D eigenvalue weighted by Crippen LogP contribution is -2.41. The van der Waals surface area contributed by atoms with Gasteiger partial charge in [-0.15, -0.1) is 0 Å². The number of pyridine rings is 1. The van der Waals surface area contributed by atoms with Gasteiger partial charge < -0.3 is 14.2 Å². The van der Waals surface area contributed by atoms with Gasteiger partial charge in [-0.05, 0) is 33.8 Å². The van der Waals surface area contributed by atoms with Crippen molar-refractivity contribution in [3.8, 4) is 0 Å². The van der Waals surface area contributed by atoms with Gasteiger partial charge in [0.25, 0.3) is 0 Å². The number of nitrogens with zero attached hydrogens (tertiary/aromatic N) is 2. The van der Waals surface area contributed by atoms with Gasteiger partial charge in [-0.2, -0.15) is 0 Å². The molecule has 0 bridgehead atoms. The van der Waals surface area contributed by atoms with E-state index in [-0.39, 0.29) is 18.3 Å². The number of aromatic nitrogens is 1. The van der Waals surface area contributed by atoms with Crippen LogP contribution in [0.4, 0.5) is 5.82 Å². The molecule has 1 saturated heterocycles. The molecule has 1 fully saturated rings. The van der Waals surface area contributed by atoms with Crippen LogP contribution in [0.25, 0.3) is 0 Å². The molecule has 0 aliphatic carbocycles. The zero-order chi connectivity index (χ0) is 13.6. The summed E-state index contributed by atoms with van der Waals surface area (Å²) in [6.45, 7) is 8.20. The van der Waals surface area contributed by atoms with Crippen molar-refractivity contribution in [3.05, 3.63) is 18.3 Å². The SMILES string of the molecule is CN(C)c1ccc(B2OC(C)(C)C(C)(C)O2)cn1. The maximum atomic E-state index is 5.97. The standard InChI is InChI=1S/C13H21BN2O2/c1-12(2)13(3,4)18-14(17-12)10-7-8-11(15-9-10)16(5)6/h7-9H,1-6H3. The second kappa shape index (κ2) is 4.25. The van der Waals surface area contributed by atoms with E-state index < -0.39 is 0 Å². The molecule has 0 N–H and O–H groups in total. The molecule has 4 nitrogen and oxygen atoms in total. The molecule has 2 rings (SSSR count). The Balaban J connectivity index is 2.19. The molecule has 0 aromatic carbocycles.